The molecule has 0 radical (unpaired) electrons. The van der Waals surface area contributed by atoms with Gasteiger partial charge in [-0.15, -0.1) is 0 Å². The van der Waals surface area contributed by atoms with Crippen LogP contribution in [0.25, 0.3) is 11.1 Å². The highest BCUT2D eigenvalue weighted by Gasteiger charge is 2.06. The van der Waals surface area contributed by atoms with Gasteiger partial charge in [0.1, 0.15) is 5.82 Å². The fourth-order valence-electron chi connectivity index (χ4n) is 1.54. The molecule has 82 valence electrons. The average Bonchev–Trinajstić information content (AvgIpc) is 2.26. The number of hydrogen-bond donors (Lipinski definition) is 1. The van der Waals surface area contributed by atoms with E-state index in [1.54, 1.807) is 31.2 Å². The lowest BCUT2D eigenvalue weighted by Gasteiger charge is -2.07. The van der Waals surface area contributed by atoms with Crippen LogP contribution in [0.5, 0.6) is 0 Å². The normalized spacial score (nSPS) is 10.4. The first-order valence-corrected chi connectivity index (χ1v) is 5.27. The highest BCUT2D eigenvalue weighted by Crippen LogP contribution is 2.29. The van der Waals surface area contributed by atoms with E-state index in [0.717, 1.165) is 11.1 Å². The number of halogens is 2. The second-order valence-electron chi connectivity index (χ2n) is 3.70. The first-order chi connectivity index (χ1) is 7.58. The van der Waals surface area contributed by atoms with Crippen molar-refractivity contribution in [1.29, 1.82) is 0 Å². The Morgan fingerprint density at radius 2 is 1.88 bits per heavy atom. The molecular formula is C13H11ClFN. The van der Waals surface area contributed by atoms with Crippen LogP contribution >= 0.6 is 11.6 Å². The first-order valence-electron chi connectivity index (χ1n) is 4.89. The maximum absolute atomic E-state index is 13.4. The number of aryl methyl sites for hydroxylation is 1. The fraction of sp³-hybridized carbons (Fsp3) is 0.0769. The molecule has 0 amide bonds. The Kier molecular flexibility index (Phi) is 2.84. The van der Waals surface area contributed by atoms with E-state index in [0.29, 0.717) is 16.3 Å². The minimum absolute atomic E-state index is 0.239. The Labute approximate surface area is 98.7 Å². The Balaban J connectivity index is 2.58. The minimum atomic E-state index is -0.239. The van der Waals surface area contributed by atoms with Crippen molar-refractivity contribution < 1.29 is 4.39 Å². The third kappa shape index (κ3) is 2.02. The predicted molar refractivity (Wildman–Crippen MR) is 66.0 cm³/mol. The minimum Gasteiger partial charge on any atom is -0.398 e. The molecule has 0 atom stereocenters. The van der Waals surface area contributed by atoms with Gasteiger partial charge in [-0.3, -0.25) is 0 Å². The van der Waals surface area contributed by atoms with Crippen LogP contribution < -0.4 is 5.73 Å². The highest BCUT2D eigenvalue weighted by atomic mass is 35.5. The van der Waals surface area contributed by atoms with E-state index in [1.807, 2.05) is 6.07 Å². The van der Waals surface area contributed by atoms with E-state index in [9.17, 15) is 4.39 Å². The summed E-state index contributed by atoms with van der Waals surface area (Å²) >= 11 is 5.89. The van der Waals surface area contributed by atoms with Crippen LogP contribution in [0.4, 0.5) is 10.1 Å². The van der Waals surface area contributed by atoms with E-state index in [1.165, 1.54) is 6.07 Å². The molecule has 2 N–H and O–H groups in total. The molecule has 0 unspecified atom stereocenters. The molecule has 0 bridgehead atoms. The summed E-state index contributed by atoms with van der Waals surface area (Å²) < 4.78 is 13.4. The molecule has 0 saturated heterocycles. The molecular weight excluding hydrogens is 225 g/mol. The molecule has 0 aliphatic carbocycles. The molecule has 0 aliphatic heterocycles. The predicted octanol–water partition coefficient (Wildman–Crippen LogP) is 4.04. The number of anilines is 1. The van der Waals surface area contributed by atoms with Gasteiger partial charge in [0.05, 0.1) is 0 Å². The van der Waals surface area contributed by atoms with Crippen molar-refractivity contribution in [1.82, 2.24) is 0 Å². The van der Waals surface area contributed by atoms with Gasteiger partial charge >= 0.3 is 0 Å². The lowest BCUT2D eigenvalue weighted by Crippen LogP contribution is -1.91. The van der Waals surface area contributed by atoms with Gasteiger partial charge in [0.2, 0.25) is 0 Å². The third-order valence-electron chi connectivity index (χ3n) is 2.50. The highest BCUT2D eigenvalue weighted by molar-refractivity contribution is 6.31. The smallest absolute Gasteiger partial charge is 0.126 e. The van der Waals surface area contributed by atoms with Crippen molar-refractivity contribution in [2.24, 2.45) is 0 Å². The second-order valence-corrected chi connectivity index (χ2v) is 4.13. The molecule has 2 aromatic carbocycles. The van der Waals surface area contributed by atoms with Crippen molar-refractivity contribution in [2.75, 3.05) is 5.73 Å². The van der Waals surface area contributed by atoms with Crippen LogP contribution in [0.2, 0.25) is 5.02 Å². The molecule has 2 aromatic rings. The lowest BCUT2D eigenvalue weighted by molar-refractivity contribution is 0.619. The maximum Gasteiger partial charge on any atom is 0.126 e. The third-order valence-corrected chi connectivity index (χ3v) is 2.73. The summed E-state index contributed by atoms with van der Waals surface area (Å²) in [6.45, 7) is 1.72. The topological polar surface area (TPSA) is 26.0 Å². The molecule has 16 heavy (non-hydrogen) atoms. The Hall–Kier alpha value is -1.54. The van der Waals surface area contributed by atoms with Crippen LogP contribution in [-0.2, 0) is 0 Å². The number of rotatable bonds is 1. The van der Waals surface area contributed by atoms with Crippen LogP contribution in [0.1, 0.15) is 5.56 Å². The molecule has 0 fully saturated rings. The van der Waals surface area contributed by atoms with Gasteiger partial charge in [0, 0.05) is 16.3 Å². The van der Waals surface area contributed by atoms with Crippen LogP contribution in [0, 0.1) is 12.7 Å². The molecule has 3 heteroatoms. The van der Waals surface area contributed by atoms with Crippen LogP contribution in [0.3, 0.4) is 0 Å². The monoisotopic (exact) mass is 235 g/mol. The summed E-state index contributed by atoms with van der Waals surface area (Å²) in [5.41, 5.74) is 8.53. The van der Waals surface area contributed by atoms with E-state index in [4.69, 9.17) is 17.3 Å². The van der Waals surface area contributed by atoms with Gasteiger partial charge < -0.3 is 5.73 Å². The van der Waals surface area contributed by atoms with Crippen molar-refractivity contribution in [2.45, 2.75) is 6.92 Å². The summed E-state index contributed by atoms with van der Waals surface area (Å²) in [6, 6.07) is 10.2. The maximum atomic E-state index is 13.4. The summed E-state index contributed by atoms with van der Waals surface area (Å²) in [4.78, 5) is 0. The van der Waals surface area contributed by atoms with Gasteiger partial charge in [-0.25, -0.2) is 4.39 Å². The average molecular weight is 236 g/mol. The second kappa shape index (κ2) is 4.14. The Bertz CT molecular complexity index is 537. The number of nitrogen functional groups attached to an aromatic ring is 1. The summed E-state index contributed by atoms with van der Waals surface area (Å²) in [7, 11) is 0. The molecule has 2 rings (SSSR count). The van der Waals surface area contributed by atoms with Crippen LogP contribution in [-0.4, -0.2) is 0 Å². The van der Waals surface area contributed by atoms with Crippen molar-refractivity contribution in [3.63, 3.8) is 0 Å². The molecule has 0 aromatic heterocycles. The Morgan fingerprint density at radius 3 is 2.56 bits per heavy atom. The zero-order chi connectivity index (χ0) is 11.7. The lowest BCUT2D eigenvalue weighted by atomic mass is 10.0. The van der Waals surface area contributed by atoms with Gasteiger partial charge in [-0.05, 0) is 42.3 Å². The van der Waals surface area contributed by atoms with Crippen molar-refractivity contribution >= 4 is 17.3 Å². The van der Waals surface area contributed by atoms with Gasteiger partial charge in [-0.2, -0.15) is 0 Å². The number of nitrogens with two attached hydrogens (primary N) is 1. The fourth-order valence-corrected chi connectivity index (χ4v) is 1.71. The van der Waals surface area contributed by atoms with Crippen LogP contribution in [0.15, 0.2) is 36.4 Å². The van der Waals surface area contributed by atoms with Gasteiger partial charge in [0.25, 0.3) is 0 Å². The summed E-state index contributed by atoms with van der Waals surface area (Å²) in [5, 5.41) is 0.588. The molecule has 0 spiro atoms. The summed E-state index contributed by atoms with van der Waals surface area (Å²) in [5.74, 6) is -0.239. The molecule has 1 nitrogen and oxygen atoms in total. The number of hydrogen-bond acceptors (Lipinski definition) is 1. The molecule has 0 aliphatic rings. The van der Waals surface area contributed by atoms with Crippen molar-refractivity contribution in [3.8, 4) is 11.1 Å². The molecule has 0 heterocycles. The quantitative estimate of drug-likeness (QED) is 0.742. The van der Waals surface area contributed by atoms with E-state index in [-0.39, 0.29) is 5.82 Å². The first kappa shape index (κ1) is 11.0. The molecule has 0 saturated carbocycles. The van der Waals surface area contributed by atoms with E-state index in [2.05, 4.69) is 0 Å². The Morgan fingerprint density at radius 1 is 1.12 bits per heavy atom. The van der Waals surface area contributed by atoms with Gasteiger partial charge in [0.15, 0.2) is 0 Å². The zero-order valence-electron chi connectivity index (χ0n) is 8.80. The van der Waals surface area contributed by atoms with Crippen molar-refractivity contribution in [3.05, 3.63) is 52.8 Å². The SMILES string of the molecule is Cc1ccc(-c2cc(Cl)ccc2N)cc1F. The van der Waals surface area contributed by atoms with Gasteiger partial charge in [-0.1, -0.05) is 23.7 Å². The summed E-state index contributed by atoms with van der Waals surface area (Å²) in [6.07, 6.45) is 0. The van der Waals surface area contributed by atoms with E-state index >= 15 is 0 Å². The zero-order valence-corrected chi connectivity index (χ0v) is 9.55. The largest absolute Gasteiger partial charge is 0.398 e. The number of benzene rings is 2. The van der Waals surface area contributed by atoms with E-state index < -0.39 is 0 Å². The standard InChI is InChI=1S/C13H11ClFN/c1-8-2-3-9(6-12(8)15)11-7-10(14)4-5-13(11)16/h2-7H,16H2,1H3.